The smallest absolute Gasteiger partial charge is 0.293 e. The van der Waals surface area contributed by atoms with Crippen molar-refractivity contribution in [2.75, 3.05) is 0 Å². The van der Waals surface area contributed by atoms with Crippen LogP contribution in [-0.2, 0) is 17.9 Å². The van der Waals surface area contributed by atoms with Crippen molar-refractivity contribution in [2.24, 2.45) is 0 Å². The number of rotatable bonds is 6. The zero-order chi connectivity index (χ0) is 26.2. The average molecular weight is 520 g/mol. The van der Waals surface area contributed by atoms with Crippen LogP contribution in [0.4, 0.5) is 10.5 Å². The Morgan fingerprint density at radius 2 is 1.58 bits per heavy atom. The fraction of sp³-hybridized carbons (Fsp3) is 0.0667. The van der Waals surface area contributed by atoms with E-state index in [4.69, 9.17) is 0 Å². The molecule has 0 spiro atoms. The number of nitrogens with zero attached hydrogens (tertiary/aromatic N) is 3. The summed E-state index contributed by atoms with van der Waals surface area (Å²) >= 11 is 0.928. The van der Waals surface area contributed by atoms with Crippen molar-refractivity contribution in [1.82, 2.24) is 9.47 Å². The fourth-order valence-corrected chi connectivity index (χ4v) is 5.65. The van der Waals surface area contributed by atoms with Gasteiger partial charge in [0.2, 0.25) is 0 Å². The normalized spacial score (nSPS) is 14.7. The fourth-order valence-electron chi connectivity index (χ4n) is 4.82. The van der Waals surface area contributed by atoms with E-state index >= 15 is 0 Å². The third kappa shape index (κ3) is 4.35. The van der Waals surface area contributed by atoms with Crippen molar-refractivity contribution in [1.29, 1.82) is 0 Å². The Morgan fingerprint density at radius 3 is 2.42 bits per heavy atom. The Labute approximate surface area is 222 Å². The summed E-state index contributed by atoms with van der Waals surface area (Å²) in [7, 11) is 0. The first kappa shape index (κ1) is 23.7. The molecule has 2 amide bonds. The van der Waals surface area contributed by atoms with E-state index in [-0.39, 0.29) is 28.3 Å². The summed E-state index contributed by atoms with van der Waals surface area (Å²) in [5.41, 5.74) is 3.18. The molecule has 0 aliphatic carbocycles. The highest BCUT2D eigenvalue weighted by atomic mass is 32.2. The Balaban J connectivity index is 1.31. The molecular weight excluding hydrogens is 498 g/mol. The van der Waals surface area contributed by atoms with Gasteiger partial charge in [-0.2, -0.15) is 0 Å². The van der Waals surface area contributed by atoms with Gasteiger partial charge in [0.05, 0.1) is 22.9 Å². The maximum Gasteiger partial charge on any atom is 0.293 e. The number of amides is 2. The Kier molecular flexibility index (Phi) is 6.01. The van der Waals surface area contributed by atoms with Crippen molar-refractivity contribution in [3.8, 4) is 0 Å². The number of aromatic nitrogens is 1. The van der Waals surface area contributed by atoms with E-state index in [9.17, 15) is 19.7 Å². The third-order valence-corrected chi connectivity index (χ3v) is 7.57. The van der Waals surface area contributed by atoms with E-state index in [0.29, 0.717) is 17.0 Å². The van der Waals surface area contributed by atoms with Crippen LogP contribution in [0.3, 0.4) is 0 Å². The lowest BCUT2D eigenvalue weighted by Crippen LogP contribution is -2.27. The van der Waals surface area contributed by atoms with Gasteiger partial charge in [0.15, 0.2) is 0 Å². The van der Waals surface area contributed by atoms with Crippen LogP contribution < -0.4 is 0 Å². The number of hydrogen-bond acceptors (Lipinski definition) is 5. The molecule has 6 rings (SSSR count). The molecule has 7 nitrogen and oxygen atoms in total. The van der Waals surface area contributed by atoms with Gasteiger partial charge in [-0.15, -0.1) is 0 Å². The molecule has 0 N–H and O–H groups in total. The summed E-state index contributed by atoms with van der Waals surface area (Å²) in [6.07, 6.45) is 3.61. The van der Waals surface area contributed by atoms with Gasteiger partial charge in [0.1, 0.15) is 0 Å². The van der Waals surface area contributed by atoms with Crippen molar-refractivity contribution in [3.05, 3.63) is 129 Å². The second-order valence-corrected chi connectivity index (χ2v) is 10.1. The van der Waals surface area contributed by atoms with Crippen molar-refractivity contribution >= 4 is 56.3 Å². The van der Waals surface area contributed by atoms with Gasteiger partial charge in [0.25, 0.3) is 16.8 Å². The lowest BCUT2D eigenvalue weighted by molar-refractivity contribution is -0.385. The quantitative estimate of drug-likeness (QED) is 0.137. The number of benzene rings is 4. The van der Waals surface area contributed by atoms with Gasteiger partial charge >= 0.3 is 0 Å². The minimum Gasteiger partial charge on any atom is -0.342 e. The molecule has 0 unspecified atom stereocenters. The monoisotopic (exact) mass is 519 g/mol. The van der Waals surface area contributed by atoms with Crippen LogP contribution >= 0.6 is 11.8 Å². The summed E-state index contributed by atoms with van der Waals surface area (Å²) < 4.78 is 1.93. The number of para-hydroxylation sites is 2. The lowest BCUT2D eigenvalue weighted by atomic mass is 10.1. The highest BCUT2D eigenvalue weighted by Gasteiger charge is 2.35. The molecule has 38 heavy (non-hydrogen) atoms. The van der Waals surface area contributed by atoms with Crippen LogP contribution in [0.25, 0.3) is 27.8 Å². The number of nitro benzene ring substituents is 1. The minimum atomic E-state index is -0.381. The predicted molar refractivity (Wildman–Crippen MR) is 150 cm³/mol. The van der Waals surface area contributed by atoms with Crippen molar-refractivity contribution in [2.45, 2.75) is 13.1 Å². The molecular formula is C30H21N3O4S. The van der Waals surface area contributed by atoms with Crippen LogP contribution in [0.2, 0.25) is 0 Å². The van der Waals surface area contributed by atoms with Crippen LogP contribution in [0.1, 0.15) is 16.7 Å². The molecule has 1 saturated heterocycles. The Morgan fingerprint density at radius 1 is 0.842 bits per heavy atom. The van der Waals surface area contributed by atoms with Gasteiger partial charge < -0.3 is 4.57 Å². The first-order valence-corrected chi connectivity index (χ1v) is 12.8. The molecule has 186 valence electrons. The van der Waals surface area contributed by atoms with Crippen molar-refractivity contribution in [3.63, 3.8) is 0 Å². The molecule has 8 heteroatoms. The van der Waals surface area contributed by atoms with E-state index < -0.39 is 0 Å². The minimum absolute atomic E-state index is 0.0571. The summed E-state index contributed by atoms with van der Waals surface area (Å²) in [6, 6.07) is 28.2. The summed E-state index contributed by atoms with van der Waals surface area (Å²) in [5.74, 6) is -0.330. The van der Waals surface area contributed by atoms with Gasteiger partial charge in [-0.1, -0.05) is 72.8 Å². The summed E-state index contributed by atoms with van der Waals surface area (Å²) in [6.45, 7) is 0.501. The largest absolute Gasteiger partial charge is 0.342 e. The zero-order valence-corrected chi connectivity index (χ0v) is 20.9. The van der Waals surface area contributed by atoms with E-state index in [1.165, 1.54) is 11.0 Å². The molecule has 1 fully saturated rings. The number of carbonyl (C=O) groups excluding carboxylic acids is 2. The summed E-state index contributed by atoms with van der Waals surface area (Å²) in [4.78, 5) is 38.9. The van der Waals surface area contributed by atoms with Gasteiger partial charge in [-0.25, -0.2) is 0 Å². The highest BCUT2D eigenvalue weighted by molar-refractivity contribution is 8.18. The number of hydrogen-bond donors (Lipinski definition) is 0. The molecule has 1 aromatic heterocycles. The Bertz CT molecular complexity index is 1790. The SMILES string of the molecule is O=C1S/C(=C\c2cn(Cc3ccccc3[N+](=O)[O-])c3ccccc23)C(=O)N1Cc1ccc2ccccc2c1. The maximum atomic E-state index is 13.3. The van der Waals surface area contributed by atoms with Crippen LogP contribution in [0, 0.1) is 10.1 Å². The second kappa shape index (κ2) is 9.64. The third-order valence-electron chi connectivity index (χ3n) is 6.66. The molecule has 4 aromatic carbocycles. The molecule has 5 aromatic rings. The topological polar surface area (TPSA) is 85.5 Å². The van der Waals surface area contributed by atoms with Crippen molar-refractivity contribution < 1.29 is 14.5 Å². The first-order valence-electron chi connectivity index (χ1n) is 12.0. The number of thioether (sulfide) groups is 1. The molecule has 0 saturated carbocycles. The first-order chi connectivity index (χ1) is 18.5. The number of imide groups is 1. The highest BCUT2D eigenvalue weighted by Crippen LogP contribution is 2.35. The number of fused-ring (bicyclic) bond motifs is 2. The average Bonchev–Trinajstić information content (AvgIpc) is 3.40. The number of carbonyl (C=O) groups is 2. The maximum absolute atomic E-state index is 13.3. The Hall–Kier alpha value is -4.69. The van der Waals surface area contributed by atoms with Gasteiger partial charge in [-0.05, 0) is 46.3 Å². The molecule has 0 bridgehead atoms. The van der Waals surface area contributed by atoms with E-state index in [1.54, 1.807) is 24.3 Å². The second-order valence-electron chi connectivity index (χ2n) is 9.06. The van der Waals surface area contributed by atoms with E-state index in [1.807, 2.05) is 77.5 Å². The van der Waals surface area contributed by atoms with E-state index in [0.717, 1.165) is 44.6 Å². The van der Waals surface area contributed by atoms with Crippen LogP contribution in [0.15, 0.2) is 102 Å². The molecule has 1 aliphatic rings. The number of nitro groups is 1. The molecule has 0 atom stereocenters. The lowest BCUT2D eigenvalue weighted by Gasteiger charge is -2.13. The van der Waals surface area contributed by atoms with Gasteiger partial charge in [0, 0.05) is 34.3 Å². The summed E-state index contributed by atoms with van der Waals surface area (Å²) in [5, 5.41) is 14.3. The molecule has 1 aliphatic heterocycles. The predicted octanol–water partition coefficient (Wildman–Crippen LogP) is 6.99. The standard InChI is InChI=1S/C30H21N3O4S/c34-29-28(38-30(35)32(29)17-20-13-14-21-7-1-2-8-22(21)15-20)16-24-19-31(27-12-6-4-10-25(24)27)18-23-9-3-5-11-26(23)33(36)37/h1-16,19H,17-18H2/b28-16-. The van der Waals surface area contributed by atoms with Crippen LogP contribution in [-0.4, -0.2) is 25.5 Å². The molecule has 0 radical (unpaired) electrons. The molecule has 2 heterocycles. The zero-order valence-electron chi connectivity index (χ0n) is 20.1. The van der Waals surface area contributed by atoms with E-state index in [2.05, 4.69) is 0 Å². The van der Waals surface area contributed by atoms with Gasteiger partial charge in [-0.3, -0.25) is 24.6 Å². The van der Waals surface area contributed by atoms with Crippen LogP contribution in [0.5, 0.6) is 0 Å².